The third-order valence-electron chi connectivity index (χ3n) is 1.25. The predicted molar refractivity (Wildman–Crippen MR) is 60.5 cm³/mol. The number of nitrogens with one attached hydrogen (secondary N) is 1. The molecule has 0 saturated heterocycles. The molecule has 0 heterocycles. The number of aliphatic hydroxyl groups is 1. The van der Waals surface area contributed by atoms with Gasteiger partial charge in [-0.3, -0.25) is 0 Å². The van der Waals surface area contributed by atoms with E-state index in [1.54, 1.807) is 4.08 Å². The lowest BCUT2D eigenvalue weighted by Crippen LogP contribution is -2.46. The van der Waals surface area contributed by atoms with E-state index < -0.39 is 5.72 Å². The van der Waals surface area contributed by atoms with Gasteiger partial charge in [-0.2, -0.15) is 0 Å². The van der Waals surface area contributed by atoms with E-state index in [-0.39, 0.29) is 0 Å². The van der Waals surface area contributed by atoms with Crippen molar-refractivity contribution in [2.75, 3.05) is 4.43 Å². The standard InChI is InChI=1S/C5H8BI2NO/c1-4(2-7)5(10,3-8)9-6/h2,9-10H,3H2,1H3/b4-2+. The zero-order valence-corrected chi connectivity index (χ0v) is 9.88. The van der Waals surface area contributed by atoms with Crippen LogP contribution in [0.2, 0.25) is 0 Å². The molecule has 0 aliphatic heterocycles. The quantitative estimate of drug-likeness (QED) is 0.341. The minimum Gasteiger partial charge on any atom is -0.372 e. The minimum absolute atomic E-state index is 0.534. The smallest absolute Gasteiger partial charge is 0.182 e. The van der Waals surface area contributed by atoms with Crippen molar-refractivity contribution in [1.29, 1.82) is 0 Å². The van der Waals surface area contributed by atoms with Gasteiger partial charge in [-0.25, -0.2) is 0 Å². The molecule has 0 spiro atoms. The van der Waals surface area contributed by atoms with E-state index in [0.29, 0.717) is 4.43 Å². The number of rotatable bonds is 3. The van der Waals surface area contributed by atoms with E-state index in [1.807, 2.05) is 6.92 Å². The third kappa shape index (κ3) is 2.67. The Morgan fingerprint density at radius 1 is 1.90 bits per heavy atom. The van der Waals surface area contributed by atoms with Crippen molar-refractivity contribution in [2.45, 2.75) is 12.6 Å². The second kappa shape index (κ2) is 4.94. The third-order valence-corrected chi connectivity index (χ3v) is 3.29. The topological polar surface area (TPSA) is 32.3 Å². The van der Waals surface area contributed by atoms with Crippen LogP contribution in [0.15, 0.2) is 9.66 Å². The summed E-state index contributed by atoms with van der Waals surface area (Å²) in [5.41, 5.74) is -0.216. The number of hydrogen-bond donors (Lipinski definition) is 2. The highest BCUT2D eigenvalue weighted by Crippen LogP contribution is 2.16. The number of halogens is 2. The first kappa shape index (κ1) is 11.2. The first-order chi connectivity index (χ1) is 4.60. The molecule has 0 bridgehead atoms. The largest absolute Gasteiger partial charge is 0.372 e. The highest BCUT2D eigenvalue weighted by Gasteiger charge is 2.23. The Morgan fingerprint density at radius 2 is 2.40 bits per heavy atom. The molecule has 10 heavy (non-hydrogen) atoms. The van der Waals surface area contributed by atoms with Crippen LogP contribution in [-0.2, 0) is 0 Å². The average Bonchev–Trinajstić information content (AvgIpc) is 2.01. The Morgan fingerprint density at radius 3 is 2.50 bits per heavy atom. The summed E-state index contributed by atoms with van der Waals surface area (Å²) in [6.45, 7) is 1.82. The fraction of sp³-hybridized carbons (Fsp3) is 0.600. The second-order valence-corrected chi connectivity index (χ2v) is 3.32. The summed E-state index contributed by atoms with van der Waals surface area (Å²) in [6, 6.07) is 0. The molecular weight excluding hydrogens is 355 g/mol. The summed E-state index contributed by atoms with van der Waals surface area (Å²) < 4.78 is 2.34. The van der Waals surface area contributed by atoms with E-state index in [2.05, 4.69) is 50.4 Å². The van der Waals surface area contributed by atoms with Gasteiger partial charge >= 0.3 is 0 Å². The zero-order chi connectivity index (χ0) is 8.20. The van der Waals surface area contributed by atoms with Crippen molar-refractivity contribution in [3.63, 3.8) is 0 Å². The maximum absolute atomic E-state index is 9.58. The maximum Gasteiger partial charge on any atom is 0.182 e. The van der Waals surface area contributed by atoms with Gasteiger partial charge in [0.1, 0.15) is 5.72 Å². The van der Waals surface area contributed by atoms with E-state index in [9.17, 15) is 5.11 Å². The summed E-state index contributed by atoms with van der Waals surface area (Å²) in [4.78, 5) is 0. The van der Waals surface area contributed by atoms with Gasteiger partial charge in [0.05, 0.1) is 0 Å². The fourth-order valence-electron chi connectivity index (χ4n) is 0.348. The Hall–Kier alpha value is 1.18. The van der Waals surface area contributed by atoms with Crippen LogP contribution >= 0.6 is 45.2 Å². The van der Waals surface area contributed by atoms with Crippen LogP contribution in [-0.4, -0.2) is 23.2 Å². The SMILES string of the molecule is [B]NC(O)(CI)/C(C)=C/I. The Balaban J connectivity index is 4.32. The van der Waals surface area contributed by atoms with Crippen LogP contribution < -0.4 is 5.23 Å². The number of alkyl halides is 1. The van der Waals surface area contributed by atoms with Crippen molar-refractivity contribution < 1.29 is 5.11 Å². The summed E-state index contributed by atoms with van der Waals surface area (Å²) >= 11 is 4.13. The van der Waals surface area contributed by atoms with Crippen LogP contribution in [0.3, 0.4) is 0 Å². The molecule has 0 aromatic rings. The molecule has 0 rings (SSSR count). The van der Waals surface area contributed by atoms with Gasteiger partial charge in [-0.15, -0.1) is 0 Å². The lowest BCUT2D eigenvalue weighted by Gasteiger charge is -2.26. The van der Waals surface area contributed by atoms with E-state index in [1.165, 1.54) is 0 Å². The summed E-state index contributed by atoms with van der Waals surface area (Å²) in [5.74, 6) is 0. The molecule has 56 valence electrons. The van der Waals surface area contributed by atoms with Crippen molar-refractivity contribution in [3.8, 4) is 0 Å². The highest BCUT2D eigenvalue weighted by atomic mass is 127. The molecule has 0 aromatic carbocycles. The predicted octanol–water partition coefficient (Wildman–Crippen LogP) is 1.12. The lowest BCUT2D eigenvalue weighted by molar-refractivity contribution is 0.0963. The van der Waals surface area contributed by atoms with Crippen LogP contribution in [0.1, 0.15) is 6.92 Å². The van der Waals surface area contributed by atoms with E-state index in [0.717, 1.165) is 5.57 Å². The molecule has 2 radical (unpaired) electrons. The normalized spacial score (nSPS) is 18.6. The molecule has 0 aliphatic rings. The minimum atomic E-state index is -1.04. The van der Waals surface area contributed by atoms with Crippen LogP contribution in [0.25, 0.3) is 0 Å². The summed E-state index contributed by atoms with van der Waals surface area (Å²) in [5, 5.41) is 11.9. The van der Waals surface area contributed by atoms with Gasteiger partial charge in [-0.05, 0) is 16.6 Å². The number of hydrogen-bond acceptors (Lipinski definition) is 2. The highest BCUT2D eigenvalue weighted by molar-refractivity contribution is 14.1. The summed E-state index contributed by atoms with van der Waals surface area (Å²) in [6.07, 6.45) is 0. The Bertz CT molecular complexity index is 136. The fourth-order valence-corrected chi connectivity index (χ4v) is 1.69. The lowest BCUT2D eigenvalue weighted by atomic mass is 10.1. The van der Waals surface area contributed by atoms with Gasteiger partial charge < -0.3 is 10.3 Å². The molecule has 2 N–H and O–H groups in total. The van der Waals surface area contributed by atoms with Crippen LogP contribution in [0.4, 0.5) is 0 Å². The molecule has 5 heteroatoms. The maximum atomic E-state index is 9.58. The van der Waals surface area contributed by atoms with E-state index in [4.69, 9.17) is 7.98 Å². The molecule has 2 nitrogen and oxygen atoms in total. The average molecular weight is 363 g/mol. The molecule has 0 fully saturated rings. The second-order valence-electron chi connectivity index (χ2n) is 1.93. The summed E-state index contributed by atoms with van der Waals surface area (Å²) in [7, 11) is 5.15. The molecule has 1 unspecified atom stereocenters. The van der Waals surface area contributed by atoms with Crippen molar-refractivity contribution in [1.82, 2.24) is 5.23 Å². The van der Waals surface area contributed by atoms with Gasteiger partial charge in [0.2, 0.25) is 0 Å². The molecule has 1 atom stereocenters. The van der Waals surface area contributed by atoms with Crippen molar-refractivity contribution >= 4 is 53.2 Å². The first-order valence-corrected chi connectivity index (χ1v) is 5.41. The van der Waals surface area contributed by atoms with Gasteiger partial charge in [0.25, 0.3) is 0 Å². The van der Waals surface area contributed by atoms with Crippen molar-refractivity contribution in [3.05, 3.63) is 9.66 Å². The Kier molecular flexibility index (Phi) is 5.53. The Labute approximate surface area is 89.6 Å². The molecule has 0 saturated carbocycles. The zero-order valence-electron chi connectivity index (χ0n) is 5.56. The molecule has 0 aliphatic carbocycles. The van der Waals surface area contributed by atoms with Crippen molar-refractivity contribution in [2.24, 2.45) is 0 Å². The van der Waals surface area contributed by atoms with E-state index >= 15 is 0 Å². The first-order valence-electron chi connectivity index (χ1n) is 2.64. The van der Waals surface area contributed by atoms with Crippen LogP contribution in [0.5, 0.6) is 0 Å². The molecule has 0 aromatic heterocycles. The monoisotopic (exact) mass is 363 g/mol. The van der Waals surface area contributed by atoms with Gasteiger partial charge in [0, 0.05) is 4.43 Å². The molecular formula is C5H8BI2NO. The van der Waals surface area contributed by atoms with Crippen LogP contribution in [0, 0.1) is 0 Å². The van der Waals surface area contributed by atoms with Gasteiger partial charge in [-0.1, -0.05) is 45.2 Å². The molecule has 0 amide bonds. The van der Waals surface area contributed by atoms with Gasteiger partial charge in [0.15, 0.2) is 7.98 Å².